The van der Waals surface area contributed by atoms with E-state index in [9.17, 15) is 9.90 Å². The summed E-state index contributed by atoms with van der Waals surface area (Å²) in [5, 5.41) is 14.5. The number of fused-ring (bicyclic) bond motifs is 1. The summed E-state index contributed by atoms with van der Waals surface area (Å²) in [5.74, 6) is 1.38. The normalized spacial score (nSPS) is 42.7. The lowest BCUT2D eigenvalue weighted by molar-refractivity contribution is -0.0643. The first kappa shape index (κ1) is 12.6. The summed E-state index contributed by atoms with van der Waals surface area (Å²) in [5.41, 5.74) is 1.76. The Labute approximate surface area is 118 Å². The summed E-state index contributed by atoms with van der Waals surface area (Å²) in [7, 11) is 0. The average molecular weight is 274 g/mol. The Morgan fingerprint density at radius 1 is 1.40 bits per heavy atom. The quantitative estimate of drug-likeness (QED) is 0.674. The van der Waals surface area contributed by atoms with E-state index in [1.807, 2.05) is 6.07 Å². The molecule has 1 saturated heterocycles. The fourth-order valence-corrected chi connectivity index (χ4v) is 5.16. The standard InChI is InChI=1S/C16H22N2O2/c1-9-7-10-11-3-2-6-17-16(11,8-9)12-4-5-13(19)18-14(12)15(10)20/h4-5,9-11,15,17,20H,2-3,6-8H2,1H3,(H,18,19)/t9?,10-,11-,15-,16-/m1/s1. The van der Waals surface area contributed by atoms with Crippen molar-refractivity contribution in [3.63, 3.8) is 0 Å². The molecular formula is C16H22N2O2. The number of aliphatic hydroxyl groups excluding tert-OH is 1. The lowest BCUT2D eigenvalue weighted by atomic mass is 9.53. The van der Waals surface area contributed by atoms with Crippen molar-refractivity contribution in [2.45, 2.75) is 44.2 Å². The molecule has 0 aromatic carbocycles. The third-order valence-corrected chi connectivity index (χ3v) is 5.76. The Morgan fingerprint density at radius 3 is 3.10 bits per heavy atom. The molecule has 4 nitrogen and oxygen atoms in total. The zero-order chi connectivity index (χ0) is 13.9. The summed E-state index contributed by atoms with van der Waals surface area (Å²) in [4.78, 5) is 14.5. The predicted octanol–water partition coefficient (Wildman–Crippen LogP) is 1.66. The lowest BCUT2D eigenvalue weighted by Gasteiger charge is -2.58. The zero-order valence-corrected chi connectivity index (χ0v) is 11.9. The van der Waals surface area contributed by atoms with E-state index in [0.29, 0.717) is 11.8 Å². The fraction of sp³-hybridized carbons (Fsp3) is 0.688. The highest BCUT2D eigenvalue weighted by atomic mass is 16.3. The van der Waals surface area contributed by atoms with Gasteiger partial charge in [-0.15, -0.1) is 0 Å². The van der Waals surface area contributed by atoms with Gasteiger partial charge >= 0.3 is 0 Å². The smallest absolute Gasteiger partial charge is 0.248 e. The summed E-state index contributed by atoms with van der Waals surface area (Å²) >= 11 is 0. The molecular weight excluding hydrogens is 252 g/mol. The van der Waals surface area contributed by atoms with Crippen LogP contribution in [-0.4, -0.2) is 16.6 Å². The largest absolute Gasteiger partial charge is 0.387 e. The zero-order valence-electron chi connectivity index (χ0n) is 11.9. The second-order valence-corrected chi connectivity index (χ2v) is 6.95. The molecule has 20 heavy (non-hydrogen) atoms. The number of hydrogen-bond donors (Lipinski definition) is 3. The molecule has 4 rings (SSSR count). The molecule has 1 aliphatic heterocycles. The fourth-order valence-electron chi connectivity index (χ4n) is 5.16. The van der Waals surface area contributed by atoms with Gasteiger partial charge in [0.1, 0.15) is 0 Å². The van der Waals surface area contributed by atoms with Crippen molar-refractivity contribution in [1.29, 1.82) is 0 Å². The minimum atomic E-state index is -0.514. The minimum Gasteiger partial charge on any atom is -0.387 e. The van der Waals surface area contributed by atoms with Gasteiger partial charge in [-0.25, -0.2) is 0 Å². The highest BCUT2D eigenvalue weighted by Gasteiger charge is 2.56. The van der Waals surface area contributed by atoms with Crippen LogP contribution in [0.5, 0.6) is 0 Å². The number of rotatable bonds is 0. The van der Waals surface area contributed by atoms with E-state index in [4.69, 9.17) is 0 Å². The third-order valence-electron chi connectivity index (χ3n) is 5.76. The molecule has 1 saturated carbocycles. The Hall–Kier alpha value is -1.13. The van der Waals surface area contributed by atoms with Crippen LogP contribution in [-0.2, 0) is 5.54 Å². The lowest BCUT2D eigenvalue weighted by Crippen LogP contribution is -2.61. The molecule has 0 radical (unpaired) electrons. The second-order valence-electron chi connectivity index (χ2n) is 6.95. The predicted molar refractivity (Wildman–Crippen MR) is 76.3 cm³/mol. The van der Waals surface area contributed by atoms with Gasteiger partial charge in [0.25, 0.3) is 0 Å². The van der Waals surface area contributed by atoms with Gasteiger partial charge in [0, 0.05) is 11.6 Å². The number of aromatic amines is 1. The molecule has 0 amide bonds. The average Bonchev–Trinajstić information content (AvgIpc) is 2.44. The maximum atomic E-state index is 11.6. The summed E-state index contributed by atoms with van der Waals surface area (Å²) in [6.07, 6.45) is 4.02. The van der Waals surface area contributed by atoms with Crippen LogP contribution in [0, 0.1) is 17.8 Å². The Morgan fingerprint density at radius 2 is 2.25 bits per heavy atom. The van der Waals surface area contributed by atoms with E-state index < -0.39 is 6.10 Å². The highest BCUT2D eigenvalue weighted by Crippen LogP contribution is 2.58. The van der Waals surface area contributed by atoms with Crippen LogP contribution >= 0.6 is 0 Å². The van der Waals surface area contributed by atoms with Gasteiger partial charge in [-0.3, -0.25) is 4.79 Å². The molecule has 1 aromatic rings. The van der Waals surface area contributed by atoms with E-state index in [-0.39, 0.29) is 17.0 Å². The van der Waals surface area contributed by atoms with E-state index >= 15 is 0 Å². The van der Waals surface area contributed by atoms with E-state index in [1.54, 1.807) is 6.07 Å². The first-order valence-corrected chi connectivity index (χ1v) is 7.78. The van der Waals surface area contributed by atoms with Crippen LogP contribution in [0.1, 0.15) is 50.0 Å². The molecule has 108 valence electrons. The number of H-pyrrole nitrogens is 1. The van der Waals surface area contributed by atoms with Gasteiger partial charge in [0.15, 0.2) is 0 Å². The Kier molecular flexibility index (Phi) is 2.63. The first-order valence-electron chi connectivity index (χ1n) is 7.78. The maximum absolute atomic E-state index is 11.6. The van der Waals surface area contributed by atoms with Crippen LogP contribution in [0.4, 0.5) is 0 Å². The molecule has 0 spiro atoms. The van der Waals surface area contributed by atoms with Crippen molar-refractivity contribution in [2.75, 3.05) is 6.54 Å². The van der Waals surface area contributed by atoms with Gasteiger partial charge in [0.05, 0.1) is 11.8 Å². The molecule has 3 aliphatic rings. The topological polar surface area (TPSA) is 65.1 Å². The van der Waals surface area contributed by atoms with Gasteiger partial charge < -0.3 is 15.4 Å². The van der Waals surface area contributed by atoms with Gasteiger partial charge in [-0.2, -0.15) is 0 Å². The van der Waals surface area contributed by atoms with E-state index in [0.717, 1.165) is 30.6 Å². The number of hydrogen-bond acceptors (Lipinski definition) is 3. The molecule has 5 atom stereocenters. The minimum absolute atomic E-state index is 0.0284. The third kappa shape index (κ3) is 1.52. The van der Waals surface area contributed by atoms with Crippen molar-refractivity contribution >= 4 is 0 Å². The van der Waals surface area contributed by atoms with Crippen molar-refractivity contribution < 1.29 is 5.11 Å². The summed E-state index contributed by atoms with van der Waals surface area (Å²) < 4.78 is 0. The molecule has 2 aliphatic carbocycles. The number of aromatic nitrogens is 1. The van der Waals surface area contributed by atoms with Crippen LogP contribution in [0.25, 0.3) is 0 Å². The molecule has 2 fully saturated rings. The van der Waals surface area contributed by atoms with Crippen molar-refractivity contribution in [3.05, 3.63) is 33.7 Å². The maximum Gasteiger partial charge on any atom is 0.248 e. The number of piperidine rings is 1. The number of nitrogens with one attached hydrogen (secondary N) is 2. The van der Waals surface area contributed by atoms with Crippen molar-refractivity contribution in [3.8, 4) is 0 Å². The van der Waals surface area contributed by atoms with Gasteiger partial charge in [-0.1, -0.05) is 6.92 Å². The molecule has 2 bridgehead atoms. The van der Waals surface area contributed by atoms with Crippen LogP contribution in [0.3, 0.4) is 0 Å². The van der Waals surface area contributed by atoms with Crippen LogP contribution < -0.4 is 10.9 Å². The monoisotopic (exact) mass is 274 g/mol. The highest BCUT2D eigenvalue weighted by molar-refractivity contribution is 5.37. The molecule has 2 heterocycles. The second kappa shape index (κ2) is 4.18. The molecule has 1 aromatic heterocycles. The van der Waals surface area contributed by atoms with Crippen molar-refractivity contribution in [2.24, 2.45) is 17.8 Å². The number of aliphatic hydroxyl groups is 1. The van der Waals surface area contributed by atoms with Crippen LogP contribution in [0.2, 0.25) is 0 Å². The van der Waals surface area contributed by atoms with Crippen LogP contribution in [0.15, 0.2) is 16.9 Å². The molecule has 3 N–H and O–H groups in total. The van der Waals surface area contributed by atoms with E-state index in [1.165, 1.54) is 12.8 Å². The number of pyridine rings is 1. The van der Waals surface area contributed by atoms with Gasteiger partial charge in [0.2, 0.25) is 5.56 Å². The Balaban J connectivity index is 1.96. The molecule has 4 heteroatoms. The van der Waals surface area contributed by atoms with Gasteiger partial charge in [-0.05, 0) is 61.6 Å². The first-order chi connectivity index (χ1) is 9.62. The SMILES string of the molecule is CC1C[C@@H]2[C@H]3CCCN[C@@]3(C1)c1ccc(=O)[nH]c1[C@@H]2O. The summed E-state index contributed by atoms with van der Waals surface area (Å²) in [6, 6.07) is 3.55. The van der Waals surface area contributed by atoms with Crippen molar-refractivity contribution in [1.82, 2.24) is 10.3 Å². The summed E-state index contributed by atoms with van der Waals surface area (Å²) in [6.45, 7) is 3.31. The Bertz CT molecular complexity index is 596. The molecule has 1 unspecified atom stereocenters. The van der Waals surface area contributed by atoms with E-state index in [2.05, 4.69) is 17.2 Å².